The molecule has 4 heteroatoms. The van der Waals surface area contributed by atoms with Crippen molar-refractivity contribution in [3.63, 3.8) is 0 Å². The minimum absolute atomic E-state index is 0.258. The molecule has 0 radical (unpaired) electrons. The number of nitriles is 1. The standard InChI is InChI=1S/C16H13ClN2O/c1-10-3-4-12(7-11(10)2)16(20)19-15-8-14(17)6-5-13(15)9-18/h3-8H,1-2H3,(H,19,20). The SMILES string of the molecule is Cc1ccc(C(=O)Nc2cc(Cl)ccc2C#N)cc1C. The number of anilines is 1. The van der Waals surface area contributed by atoms with E-state index < -0.39 is 0 Å². The molecule has 0 fully saturated rings. The molecule has 0 aromatic heterocycles. The molecule has 2 rings (SSSR count). The highest BCUT2D eigenvalue weighted by Crippen LogP contribution is 2.21. The maximum Gasteiger partial charge on any atom is 0.255 e. The van der Waals surface area contributed by atoms with Gasteiger partial charge in [-0.15, -0.1) is 0 Å². The van der Waals surface area contributed by atoms with Gasteiger partial charge in [-0.2, -0.15) is 5.26 Å². The van der Waals surface area contributed by atoms with Gasteiger partial charge < -0.3 is 5.32 Å². The predicted octanol–water partition coefficient (Wildman–Crippen LogP) is 4.08. The Bertz CT molecular complexity index is 717. The van der Waals surface area contributed by atoms with Crippen LogP contribution in [0.2, 0.25) is 5.02 Å². The van der Waals surface area contributed by atoms with Crippen LogP contribution in [0.25, 0.3) is 0 Å². The zero-order valence-corrected chi connectivity index (χ0v) is 12.0. The van der Waals surface area contributed by atoms with Crippen LogP contribution in [0.3, 0.4) is 0 Å². The molecule has 3 nitrogen and oxygen atoms in total. The Balaban J connectivity index is 2.30. The van der Waals surface area contributed by atoms with E-state index in [9.17, 15) is 4.79 Å². The number of benzene rings is 2. The van der Waals surface area contributed by atoms with Crippen LogP contribution < -0.4 is 5.32 Å². The van der Waals surface area contributed by atoms with Gasteiger partial charge in [0.1, 0.15) is 6.07 Å². The average Bonchev–Trinajstić information content (AvgIpc) is 2.42. The number of amides is 1. The molecule has 1 amide bonds. The fourth-order valence-corrected chi connectivity index (χ4v) is 1.97. The number of hydrogen-bond acceptors (Lipinski definition) is 2. The lowest BCUT2D eigenvalue weighted by atomic mass is 10.1. The summed E-state index contributed by atoms with van der Waals surface area (Å²) in [5.74, 6) is -0.258. The second kappa shape index (κ2) is 5.77. The Morgan fingerprint density at radius 3 is 2.55 bits per heavy atom. The summed E-state index contributed by atoms with van der Waals surface area (Å²) in [7, 11) is 0. The molecule has 20 heavy (non-hydrogen) atoms. The summed E-state index contributed by atoms with van der Waals surface area (Å²) in [5.41, 5.74) is 3.53. The summed E-state index contributed by atoms with van der Waals surface area (Å²) in [4.78, 5) is 12.2. The molecule has 2 aromatic rings. The van der Waals surface area contributed by atoms with Gasteiger partial charge in [0.25, 0.3) is 5.91 Å². The Labute approximate surface area is 122 Å². The molecule has 0 heterocycles. The average molecular weight is 285 g/mol. The smallest absolute Gasteiger partial charge is 0.255 e. The van der Waals surface area contributed by atoms with Crippen molar-refractivity contribution < 1.29 is 4.79 Å². The number of carbonyl (C=O) groups is 1. The fraction of sp³-hybridized carbons (Fsp3) is 0.125. The van der Waals surface area contributed by atoms with Crippen LogP contribution in [0.4, 0.5) is 5.69 Å². The number of halogens is 1. The number of nitrogens with one attached hydrogen (secondary N) is 1. The van der Waals surface area contributed by atoms with E-state index in [4.69, 9.17) is 16.9 Å². The second-order valence-corrected chi connectivity index (χ2v) is 4.99. The van der Waals surface area contributed by atoms with Gasteiger partial charge in [-0.25, -0.2) is 0 Å². The van der Waals surface area contributed by atoms with Crippen LogP contribution >= 0.6 is 11.6 Å². The molecule has 0 spiro atoms. The largest absolute Gasteiger partial charge is 0.321 e. The predicted molar refractivity (Wildman–Crippen MR) is 80.0 cm³/mol. The van der Waals surface area contributed by atoms with Crippen LogP contribution in [0.5, 0.6) is 0 Å². The van der Waals surface area contributed by atoms with Gasteiger partial charge >= 0.3 is 0 Å². The molecule has 0 atom stereocenters. The lowest BCUT2D eigenvalue weighted by Crippen LogP contribution is -2.13. The normalized spacial score (nSPS) is 9.90. The summed E-state index contributed by atoms with van der Waals surface area (Å²) in [5, 5.41) is 12.2. The van der Waals surface area contributed by atoms with Crippen molar-refractivity contribution in [1.82, 2.24) is 0 Å². The van der Waals surface area contributed by atoms with Crippen molar-refractivity contribution >= 4 is 23.2 Å². The molecule has 1 N–H and O–H groups in total. The molecule has 0 saturated heterocycles. The molecule has 0 saturated carbocycles. The van der Waals surface area contributed by atoms with Crippen LogP contribution in [0.15, 0.2) is 36.4 Å². The Morgan fingerprint density at radius 2 is 1.90 bits per heavy atom. The van der Waals surface area contributed by atoms with E-state index in [1.165, 1.54) is 0 Å². The molecular weight excluding hydrogens is 272 g/mol. The van der Waals surface area contributed by atoms with E-state index in [-0.39, 0.29) is 5.91 Å². The van der Waals surface area contributed by atoms with Crippen LogP contribution in [-0.2, 0) is 0 Å². The highest BCUT2D eigenvalue weighted by molar-refractivity contribution is 6.31. The maximum absolute atomic E-state index is 12.2. The molecule has 0 aliphatic carbocycles. The summed E-state index contributed by atoms with van der Waals surface area (Å²) in [6, 6.07) is 12.3. The van der Waals surface area contributed by atoms with Gasteiger partial charge in [0, 0.05) is 10.6 Å². The van der Waals surface area contributed by atoms with Crippen molar-refractivity contribution in [3.8, 4) is 6.07 Å². The Hall–Kier alpha value is -2.31. The van der Waals surface area contributed by atoms with Crippen molar-refractivity contribution in [2.24, 2.45) is 0 Å². The first kappa shape index (κ1) is 14.1. The zero-order chi connectivity index (χ0) is 14.7. The molecule has 0 aliphatic heterocycles. The van der Waals surface area contributed by atoms with Crippen LogP contribution in [0.1, 0.15) is 27.0 Å². The molecular formula is C16H13ClN2O. The second-order valence-electron chi connectivity index (χ2n) is 4.55. The van der Waals surface area contributed by atoms with E-state index in [2.05, 4.69) is 5.32 Å². The van der Waals surface area contributed by atoms with Gasteiger partial charge in [-0.1, -0.05) is 17.7 Å². The molecule has 0 aliphatic rings. The van der Waals surface area contributed by atoms with Crippen LogP contribution in [0, 0.1) is 25.2 Å². The number of hydrogen-bond donors (Lipinski definition) is 1. The highest BCUT2D eigenvalue weighted by atomic mass is 35.5. The summed E-state index contributed by atoms with van der Waals surface area (Å²) >= 11 is 5.89. The maximum atomic E-state index is 12.2. The van der Waals surface area contributed by atoms with E-state index in [1.54, 1.807) is 24.3 Å². The fourth-order valence-electron chi connectivity index (χ4n) is 1.79. The number of carbonyl (C=O) groups excluding carboxylic acids is 1. The summed E-state index contributed by atoms with van der Waals surface area (Å²) < 4.78 is 0. The van der Waals surface area contributed by atoms with E-state index >= 15 is 0 Å². The van der Waals surface area contributed by atoms with Gasteiger partial charge in [-0.05, 0) is 55.3 Å². The molecule has 0 bridgehead atoms. The lowest BCUT2D eigenvalue weighted by Gasteiger charge is -2.09. The third-order valence-corrected chi connectivity index (χ3v) is 3.35. The lowest BCUT2D eigenvalue weighted by molar-refractivity contribution is 0.102. The first-order valence-corrected chi connectivity index (χ1v) is 6.47. The third kappa shape index (κ3) is 2.98. The number of nitrogens with zero attached hydrogens (tertiary/aromatic N) is 1. The highest BCUT2D eigenvalue weighted by Gasteiger charge is 2.10. The summed E-state index contributed by atoms with van der Waals surface area (Å²) in [6.45, 7) is 3.94. The van der Waals surface area contributed by atoms with E-state index in [0.29, 0.717) is 21.8 Å². The van der Waals surface area contributed by atoms with Gasteiger partial charge in [-0.3, -0.25) is 4.79 Å². The Kier molecular flexibility index (Phi) is 4.07. The number of rotatable bonds is 2. The zero-order valence-electron chi connectivity index (χ0n) is 11.2. The van der Waals surface area contributed by atoms with Crippen molar-refractivity contribution in [2.75, 3.05) is 5.32 Å². The van der Waals surface area contributed by atoms with E-state index in [0.717, 1.165) is 11.1 Å². The molecule has 0 unspecified atom stereocenters. The quantitative estimate of drug-likeness (QED) is 0.903. The minimum atomic E-state index is -0.258. The van der Waals surface area contributed by atoms with Gasteiger partial charge in [0.2, 0.25) is 0 Å². The molecule has 2 aromatic carbocycles. The topological polar surface area (TPSA) is 52.9 Å². The first-order chi connectivity index (χ1) is 9.51. The molecule has 100 valence electrons. The number of aryl methyl sites for hydroxylation is 2. The summed E-state index contributed by atoms with van der Waals surface area (Å²) in [6.07, 6.45) is 0. The first-order valence-electron chi connectivity index (χ1n) is 6.09. The van der Waals surface area contributed by atoms with E-state index in [1.807, 2.05) is 32.0 Å². The minimum Gasteiger partial charge on any atom is -0.321 e. The third-order valence-electron chi connectivity index (χ3n) is 3.12. The van der Waals surface area contributed by atoms with Crippen molar-refractivity contribution in [3.05, 3.63) is 63.7 Å². The van der Waals surface area contributed by atoms with Crippen molar-refractivity contribution in [2.45, 2.75) is 13.8 Å². The monoisotopic (exact) mass is 284 g/mol. The van der Waals surface area contributed by atoms with Gasteiger partial charge in [0.15, 0.2) is 0 Å². The van der Waals surface area contributed by atoms with Crippen LogP contribution in [-0.4, -0.2) is 5.91 Å². The van der Waals surface area contributed by atoms with Crippen molar-refractivity contribution in [1.29, 1.82) is 5.26 Å². The van der Waals surface area contributed by atoms with Gasteiger partial charge in [0.05, 0.1) is 11.3 Å². The Morgan fingerprint density at radius 1 is 1.15 bits per heavy atom.